The average Bonchev–Trinajstić information content (AvgIpc) is 2.47. The summed E-state index contributed by atoms with van der Waals surface area (Å²) in [5, 5.41) is 3.00. The molecule has 1 amide bonds. The number of ether oxygens (including phenoxy) is 1. The van der Waals surface area contributed by atoms with Gasteiger partial charge >= 0.3 is 5.97 Å². The standard InChI is InChI=1S/C19H27NO3/c1-12-10-13(2)17(14(3)11-12)19(22)23-15(4)18(21)20-16-8-6-5-7-9-16/h10-11,15-16H,5-9H2,1-4H3,(H,20,21). The van der Waals surface area contributed by atoms with Crippen molar-refractivity contribution >= 4 is 11.9 Å². The van der Waals surface area contributed by atoms with Gasteiger partial charge in [-0.2, -0.15) is 0 Å². The number of rotatable bonds is 4. The van der Waals surface area contributed by atoms with Gasteiger partial charge in [0.25, 0.3) is 5.91 Å². The zero-order chi connectivity index (χ0) is 17.0. The molecule has 0 radical (unpaired) electrons. The molecule has 4 heteroatoms. The van der Waals surface area contributed by atoms with E-state index in [2.05, 4.69) is 5.32 Å². The fraction of sp³-hybridized carbons (Fsp3) is 0.579. The number of esters is 1. The monoisotopic (exact) mass is 317 g/mol. The number of hydrogen-bond acceptors (Lipinski definition) is 3. The van der Waals surface area contributed by atoms with Crippen LogP contribution < -0.4 is 5.32 Å². The lowest BCUT2D eigenvalue weighted by molar-refractivity contribution is -0.130. The molecule has 126 valence electrons. The van der Waals surface area contributed by atoms with E-state index in [0.717, 1.165) is 42.4 Å². The third kappa shape index (κ3) is 4.57. The number of benzene rings is 1. The second-order valence-electron chi connectivity index (χ2n) is 6.66. The lowest BCUT2D eigenvalue weighted by Gasteiger charge is -2.24. The third-order valence-corrected chi connectivity index (χ3v) is 4.49. The summed E-state index contributed by atoms with van der Waals surface area (Å²) < 4.78 is 5.39. The van der Waals surface area contributed by atoms with Crippen molar-refractivity contribution in [1.29, 1.82) is 0 Å². The van der Waals surface area contributed by atoms with E-state index < -0.39 is 12.1 Å². The Morgan fingerprint density at radius 2 is 1.65 bits per heavy atom. The highest BCUT2D eigenvalue weighted by molar-refractivity contribution is 5.94. The van der Waals surface area contributed by atoms with Crippen LogP contribution in [0.25, 0.3) is 0 Å². The molecule has 4 nitrogen and oxygen atoms in total. The van der Waals surface area contributed by atoms with Gasteiger partial charge in [0, 0.05) is 6.04 Å². The first kappa shape index (κ1) is 17.5. The highest BCUT2D eigenvalue weighted by atomic mass is 16.5. The molecule has 1 fully saturated rings. The Morgan fingerprint density at radius 3 is 2.22 bits per heavy atom. The number of aryl methyl sites for hydroxylation is 3. The van der Waals surface area contributed by atoms with Gasteiger partial charge in [-0.25, -0.2) is 4.79 Å². The number of carbonyl (C=O) groups excluding carboxylic acids is 2. The van der Waals surface area contributed by atoms with Gasteiger partial charge in [-0.05, 0) is 51.7 Å². The Morgan fingerprint density at radius 1 is 1.09 bits per heavy atom. The number of hydrogen-bond donors (Lipinski definition) is 1. The number of nitrogens with one attached hydrogen (secondary N) is 1. The first-order valence-corrected chi connectivity index (χ1v) is 8.47. The Balaban J connectivity index is 1.97. The SMILES string of the molecule is Cc1cc(C)c(C(=O)OC(C)C(=O)NC2CCCCC2)c(C)c1. The predicted octanol–water partition coefficient (Wildman–Crippen LogP) is 3.61. The van der Waals surface area contributed by atoms with Gasteiger partial charge in [0.2, 0.25) is 0 Å². The van der Waals surface area contributed by atoms with Crippen LogP contribution in [0, 0.1) is 20.8 Å². The molecule has 1 aromatic rings. The minimum Gasteiger partial charge on any atom is -0.449 e. The third-order valence-electron chi connectivity index (χ3n) is 4.49. The summed E-state index contributed by atoms with van der Waals surface area (Å²) in [6, 6.07) is 4.13. The van der Waals surface area contributed by atoms with Crippen LogP contribution in [0.4, 0.5) is 0 Å². The molecule has 0 aromatic heterocycles. The molecule has 0 bridgehead atoms. The molecule has 0 saturated heterocycles. The highest BCUT2D eigenvalue weighted by Crippen LogP contribution is 2.19. The molecular weight excluding hydrogens is 290 g/mol. The van der Waals surface area contributed by atoms with Gasteiger partial charge in [0.05, 0.1) is 5.56 Å². The molecule has 0 aliphatic heterocycles. The maximum Gasteiger partial charge on any atom is 0.339 e. The van der Waals surface area contributed by atoms with E-state index in [1.165, 1.54) is 6.42 Å². The molecule has 2 rings (SSSR count). The highest BCUT2D eigenvalue weighted by Gasteiger charge is 2.24. The molecule has 1 aliphatic carbocycles. The smallest absolute Gasteiger partial charge is 0.339 e. The van der Waals surface area contributed by atoms with Crippen molar-refractivity contribution in [2.75, 3.05) is 0 Å². The van der Waals surface area contributed by atoms with E-state index in [1.807, 2.05) is 32.9 Å². The molecule has 0 heterocycles. The maximum absolute atomic E-state index is 12.4. The summed E-state index contributed by atoms with van der Waals surface area (Å²) in [7, 11) is 0. The van der Waals surface area contributed by atoms with Crippen molar-refractivity contribution in [3.05, 3.63) is 34.4 Å². The first-order valence-electron chi connectivity index (χ1n) is 8.47. The van der Waals surface area contributed by atoms with Gasteiger partial charge in [0.15, 0.2) is 6.10 Å². The van der Waals surface area contributed by atoms with E-state index in [9.17, 15) is 9.59 Å². The lowest BCUT2D eigenvalue weighted by Crippen LogP contribution is -2.42. The summed E-state index contributed by atoms with van der Waals surface area (Å²) in [5.74, 6) is -0.626. The van der Waals surface area contributed by atoms with Crippen molar-refractivity contribution in [1.82, 2.24) is 5.32 Å². The van der Waals surface area contributed by atoms with Crippen molar-refractivity contribution < 1.29 is 14.3 Å². The van der Waals surface area contributed by atoms with E-state index in [0.29, 0.717) is 5.56 Å². The summed E-state index contributed by atoms with van der Waals surface area (Å²) in [6.07, 6.45) is 4.81. The van der Waals surface area contributed by atoms with Crippen molar-refractivity contribution in [3.8, 4) is 0 Å². The fourth-order valence-corrected chi connectivity index (χ4v) is 3.34. The lowest BCUT2D eigenvalue weighted by atomic mass is 9.95. The van der Waals surface area contributed by atoms with Crippen molar-refractivity contribution in [2.45, 2.75) is 71.9 Å². The second-order valence-corrected chi connectivity index (χ2v) is 6.66. The molecule has 1 saturated carbocycles. The van der Waals surface area contributed by atoms with Crippen LogP contribution in [0.1, 0.15) is 66.1 Å². The average molecular weight is 317 g/mol. The summed E-state index contributed by atoms with van der Waals surface area (Å²) >= 11 is 0. The predicted molar refractivity (Wildman–Crippen MR) is 90.5 cm³/mol. The van der Waals surface area contributed by atoms with E-state index >= 15 is 0 Å². The van der Waals surface area contributed by atoms with Gasteiger partial charge in [-0.3, -0.25) is 4.79 Å². The molecule has 0 spiro atoms. The van der Waals surface area contributed by atoms with Crippen LogP contribution in [0.5, 0.6) is 0 Å². The van der Waals surface area contributed by atoms with Crippen molar-refractivity contribution in [2.24, 2.45) is 0 Å². The van der Waals surface area contributed by atoms with Crippen molar-refractivity contribution in [3.63, 3.8) is 0 Å². The molecule has 1 unspecified atom stereocenters. The molecule has 1 N–H and O–H groups in total. The normalized spacial score (nSPS) is 16.7. The molecular formula is C19H27NO3. The largest absolute Gasteiger partial charge is 0.449 e. The van der Waals surface area contributed by atoms with Gasteiger partial charge in [-0.1, -0.05) is 37.0 Å². The van der Waals surface area contributed by atoms with Crippen LogP contribution in [0.2, 0.25) is 0 Å². The van der Waals surface area contributed by atoms with Gasteiger partial charge < -0.3 is 10.1 Å². The molecule has 23 heavy (non-hydrogen) atoms. The summed E-state index contributed by atoms with van der Waals surface area (Å²) in [5.41, 5.74) is 3.44. The van der Waals surface area contributed by atoms with Crippen LogP contribution in [-0.2, 0) is 9.53 Å². The van der Waals surface area contributed by atoms with Crippen LogP contribution in [0.15, 0.2) is 12.1 Å². The Labute approximate surface area is 138 Å². The minimum absolute atomic E-state index is 0.201. The summed E-state index contributed by atoms with van der Waals surface area (Å²) in [4.78, 5) is 24.6. The molecule has 1 atom stereocenters. The zero-order valence-corrected chi connectivity index (χ0v) is 14.6. The van der Waals surface area contributed by atoms with Crippen LogP contribution in [0.3, 0.4) is 0 Å². The topological polar surface area (TPSA) is 55.4 Å². The van der Waals surface area contributed by atoms with E-state index in [4.69, 9.17) is 4.74 Å². The Kier molecular flexibility index (Phi) is 5.80. The second kappa shape index (κ2) is 7.62. The molecule has 1 aromatic carbocycles. The fourth-order valence-electron chi connectivity index (χ4n) is 3.34. The minimum atomic E-state index is -0.774. The van der Waals surface area contributed by atoms with Gasteiger partial charge in [0.1, 0.15) is 0 Å². The van der Waals surface area contributed by atoms with Crippen LogP contribution >= 0.6 is 0 Å². The first-order chi connectivity index (χ1) is 10.9. The number of carbonyl (C=O) groups is 2. The summed E-state index contributed by atoms with van der Waals surface area (Å²) in [6.45, 7) is 7.41. The zero-order valence-electron chi connectivity index (χ0n) is 14.6. The quantitative estimate of drug-likeness (QED) is 0.863. The van der Waals surface area contributed by atoms with Gasteiger partial charge in [-0.15, -0.1) is 0 Å². The maximum atomic E-state index is 12.4. The molecule has 1 aliphatic rings. The number of amides is 1. The Bertz CT molecular complexity index is 565. The van der Waals surface area contributed by atoms with E-state index in [-0.39, 0.29) is 11.9 Å². The van der Waals surface area contributed by atoms with Crippen LogP contribution in [-0.4, -0.2) is 24.0 Å². The Hall–Kier alpha value is -1.84. The van der Waals surface area contributed by atoms with E-state index in [1.54, 1.807) is 6.92 Å².